The number of aromatic nitrogens is 1. The van der Waals surface area contributed by atoms with Gasteiger partial charge in [0.2, 0.25) is 11.8 Å². The number of thiazole rings is 1. The molecule has 0 saturated heterocycles. The van der Waals surface area contributed by atoms with Crippen LogP contribution < -0.4 is 10.6 Å². The summed E-state index contributed by atoms with van der Waals surface area (Å²) in [7, 11) is 0. The highest BCUT2D eigenvalue weighted by Gasteiger charge is 2.34. The van der Waals surface area contributed by atoms with E-state index in [9.17, 15) is 19.5 Å². The summed E-state index contributed by atoms with van der Waals surface area (Å²) < 4.78 is 0. The van der Waals surface area contributed by atoms with Gasteiger partial charge in [-0.1, -0.05) is 66.2 Å². The van der Waals surface area contributed by atoms with E-state index in [4.69, 9.17) is 11.6 Å². The smallest absolute Gasteiger partial charge is 0.307 e. The lowest BCUT2D eigenvalue weighted by molar-refractivity contribution is -0.146. The largest absolute Gasteiger partial charge is 0.481 e. The maximum absolute atomic E-state index is 13.5. The Hall–Kier alpha value is -3.92. The van der Waals surface area contributed by atoms with Crippen molar-refractivity contribution >= 4 is 63.3 Å². The molecule has 208 valence electrons. The van der Waals surface area contributed by atoms with Gasteiger partial charge in [-0.2, -0.15) is 0 Å². The molecule has 5 rings (SSSR count). The van der Waals surface area contributed by atoms with Crippen molar-refractivity contribution < 1.29 is 19.5 Å². The van der Waals surface area contributed by atoms with E-state index in [1.165, 1.54) is 23.1 Å². The maximum atomic E-state index is 13.5. The number of carboxylic acids is 1. The molecule has 0 aliphatic heterocycles. The Bertz CT molecular complexity index is 1560. The minimum absolute atomic E-state index is 0.208. The summed E-state index contributed by atoms with van der Waals surface area (Å²) in [5, 5.41) is 17.8. The fourth-order valence-corrected chi connectivity index (χ4v) is 6.39. The Morgan fingerprint density at radius 3 is 2.27 bits per heavy atom. The molecule has 0 fully saturated rings. The molecular formula is C31H26ClN3O4S2. The molecule has 3 atom stereocenters. The zero-order valence-electron chi connectivity index (χ0n) is 21.7. The van der Waals surface area contributed by atoms with Gasteiger partial charge < -0.3 is 15.7 Å². The Labute approximate surface area is 250 Å². The number of nitrogens with zero attached hydrogens (tertiary/aromatic N) is 1. The fraction of sp³-hybridized carbons (Fsp3) is 0.161. The van der Waals surface area contributed by atoms with E-state index in [2.05, 4.69) is 15.6 Å². The van der Waals surface area contributed by atoms with E-state index < -0.39 is 23.1 Å². The van der Waals surface area contributed by atoms with Gasteiger partial charge >= 0.3 is 5.97 Å². The molecule has 0 spiro atoms. The Morgan fingerprint density at radius 1 is 0.902 bits per heavy atom. The van der Waals surface area contributed by atoms with E-state index in [-0.39, 0.29) is 11.8 Å². The average molecular weight is 604 g/mol. The normalized spacial score (nSPS) is 17.0. The Morgan fingerprint density at radius 2 is 1.59 bits per heavy atom. The molecule has 0 saturated carbocycles. The number of hydrogen-bond acceptors (Lipinski definition) is 6. The van der Waals surface area contributed by atoms with Crippen molar-refractivity contribution in [2.45, 2.75) is 23.0 Å². The minimum Gasteiger partial charge on any atom is -0.481 e. The van der Waals surface area contributed by atoms with Gasteiger partial charge in [-0.05, 0) is 54.8 Å². The molecule has 10 heteroatoms. The first-order valence-electron chi connectivity index (χ1n) is 12.9. The first-order valence-corrected chi connectivity index (χ1v) is 15.0. The molecule has 3 aromatic carbocycles. The molecule has 3 unspecified atom stereocenters. The van der Waals surface area contributed by atoms with Gasteiger partial charge in [0.1, 0.15) is 5.25 Å². The third-order valence-electron chi connectivity index (χ3n) is 6.68. The van der Waals surface area contributed by atoms with Crippen molar-refractivity contribution in [1.82, 2.24) is 4.98 Å². The zero-order chi connectivity index (χ0) is 28.8. The van der Waals surface area contributed by atoms with Crippen LogP contribution in [0.1, 0.15) is 23.7 Å². The molecule has 1 aliphatic rings. The van der Waals surface area contributed by atoms with Crippen LogP contribution >= 0.6 is 34.7 Å². The van der Waals surface area contributed by atoms with Gasteiger partial charge in [0.25, 0.3) is 0 Å². The van der Waals surface area contributed by atoms with E-state index in [0.717, 1.165) is 21.7 Å². The van der Waals surface area contributed by atoms with E-state index in [0.29, 0.717) is 28.7 Å². The van der Waals surface area contributed by atoms with Crippen molar-refractivity contribution in [3.05, 3.63) is 107 Å². The molecule has 1 heterocycles. The number of halogens is 1. The number of aliphatic carboxylic acids is 1. The monoisotopic (exact) mass is 603 g/mol. The number of carbonyl (C=O) groups excluding carboxylic acids is 2. The number of hydrogen-bond donors (Lipinski definition) is 3. The number of allylic oxidation sites excluding steroid dienone is 2. The molecule has 0 bridgehead atoms. The summed E-state index contributed by atoms with van der Waals surface area (Å²) in [5.41, 5.74) is 3.07. The van der Waals surface area contributed by atoms with Gasteiger partial charge in [-0.15, -0.1) is 23.1 Å². The molecule has 0 radical (unpaired) electrons. The highest BCUT2D eigenvalue weighted by molar-refractivity contribution is 8.00. The lowest BCUT2D eigenvalue weighted by Crippen LogP contribution is -2.34. The Kier molecular flexibility index (Phi) is 9.18. The van der Waals surface area contributed by atoms with Crippen molar-refractivity contribution in [3.63, 3.8) is 0 Å². The van der Waals surface area contributed by atoms with Crippen LogP contribution in [0.15, 0.2) is 101 Å². The second-order valence-electron chi connectivity index (χ2n) is 9.45. The van der Waals surface area contributed by atoms with E-state index in [1.807, 2.05) is 66.1 Å². The van der Waals surface area contributed by atoms with Crippen LogP contribution in [-0.4, -0.2) is 27.9 Å². The number of amides is 2. The first-order chi connectivity index (χ1) is 19.9. The molecule has 4 aromatic rings. The van der Waals surface area contributed by atoms with Crippen LogP contribution in [0.2, 0.25) is 5.02 Å². The molecule has 2 amide bonds. The van der Waals surface area contributed by atoms with Gasteiger partial charge in [0.05, 0.1) is 17.5 Å². The SMILES string of the molecule is O=C(Nc1nc(-c2ccc(Cl)cc2)cs1)C(Sc1ccc(NC(=O)C2CC=CCC2C(=O)O)cc1)c1ccccc1. The van der Waals surface area contributed by atoms with Crippen molar-refractivity contribution in [2.75, 3.05) is 10.6 Å². The number of thioether (sulfide) groups is 1. The second kappa shape index (κ2) is 13.2. The lowest BCUT2D eigenvalue weighted by Gasteiger charge is -2.24. The van der Waals surface area contributed by atoms with Gasteiger partial charge in [-0.25, -0.2) is 4.98 Å². The summed E-state index contributed by atoms with van der Waals surface area (Å²) >= 11 is 8.73. The van der Waals surface area contributed by atoms with E-state index in [1.54, 1.807) is 30.3 Å². The van der Waals surface area contributed by atoms with Crippen LogP contribution in [-0.2, 0) is 14.4 Å². The number of rotatable bonds is 9. The second-order valence-corrected chi connectivity index (χ2v) is 11.9. The Balaban J connectivity index is 1.27. The van der Waals surface area contributed by atoms with Crippen LogP contribution in [0.3, 0.4) is 0 Å². The van der Waals surface area contributed by atoms with Gasteiger partial charge in [-0.3, -0.25) is 14.4 Å². The summed E-state index contributed by atoms with van der Waals surface area (Å²) in [5.74, 6) is -2.85. The highest BCUT2D eigenvalue weighted by atomic mass is 35.5. The fourth-order valence-electron chi connectivity index (χ4n) is 4.52. The number of carbonyl (C=O) groups is 3. The summed E-state index contributed by atoms with van der Waals surface area (Å²) in [6.45, 7) is 0. The molecule has 1 aromatic heterocycles. The summed E-state index contributed by atoms with van der Waals surface area (Å²) in [4.78, 5) is 43.3. The van der Waals surface area contributed by atoms with Crippen LogP contribution in [0.5, 0.6) is 0 Å². The van der Waals surface area contributed by atoms with Crippen molar-refractivity contribution in [1.29, 1.82) is 0 Å². The highest BCUT2D eigenvalue weighted by Crippen LogP contribution is 2.37. The van der Waals surface area contributed by atoms with Crippen LogP contribution in [0, 0.1) is 11.8 Å². The van der Waals surface area contributed by atoms with E-state index >= 15 is 0 Å². The third-order valence-corrected chi connectivity index (χ3v) is 8.95. The maximum Gasteiger partial charge on any atom is 0.307 e. The predicted octanol–water partition coefficient (Wildman–Crippen LogP) is 7.54. The lowest BCUT2D eigenvalue weighted by atomic mass is 9.82. The third kappa shape index (κ3) is 7.24. The number of carboxylic acid groups (broad SMARTS) is 1. The number of nitrogens with one attached hydrogen (secondary N) is 2. The summed E-state index contributed by atoms with van der Waals surface area (Å²) in [6, 6.07) is 24.0. The standard InChI is InChI=1S/C31H26ClN3O4S2/c32-21-12-10-19(11-13-21)26-18-40-31(34-26)35-29(37)27(20-6-2-1-3-7-20)41-23-16-14-22(15-17-23)33-28(36)24-8-4-5-9-25(24)30(38)39/h1-7,10-18,24-25,27H,8-9H2,(H,33,36)(H,38,39)(H,34,35,37). The number of benzene rings is 3. The molecular weight excluding hydrogens is 578 g/mol. The predicted molar refractivity (Wildman–Crippen MR) is 164 cm³/mol. The van der Waals surface area contributed by atoms with Crippen molar-refractivity contribution in [3.8, 4) is 11.3 Å². The molecule has 3 N–H and O–H groups in total. The number of anilines is 2. The minimum atomic E-state index is -0.967. The van der Waals surface area contributed by atoms with Crippen LogP contribution in [0.25, 0.3) is 11.3 Å². The first kappa shape index (κ1) is 28.6. The van der Waals surface area contributed by atoms with Crippen molar-refractivity contribution in [2.24, 2.45) is 11.8 Å². The summed E-state index contributed by atoms with van der Waals surface area (Å²) in [6.07, 6.45) is 4.39. The molecule has 41 heavy (non-hydrogen) atoms. The molecule has 1 aliphatic carbocycles. The zero-order valence-corrected chi connectivity index (χ0v) is 24.1. The topological polar surface area (TPSA) is 108 Å². The quantitative estimate of drug-likeness (QED) is 0.135. The van der Waals surface area contributed by atoms with Crippen LogP contribution in [0.4, 0.5) is 10.8 Å². The van der Waals surface area contributed by atoms with Gasteiger partial charge in [0, 0.05) is 26.5 Å². The van der Waals surface area contributed by atoms with Gasteiger partial charge in [0.15, 0.2) is 5.13 Å². The molecule has 7 nitrogen and oxygen atoms in total. The average Bonchev–Trinajstić information content (AvgIpc) is 3.45.